The summed E-state index contributed by atoms with van der Waals surface area (Å²) < 4.78 is 7.27. The molecule has 0 radical (unpaired) electrons. The number of aromatic nitrogens is 2. The lowest BCUT2D eigenvalue weighted by Gasteiger charge is -2.29. The van der Waals surface area contributed by atoms with Crippen LogP contribution in [0.1, 0.15) is 70.2 Å². The highest BCUT2D eigenvalue weighted by molar-refractivity contribution is 5.94. The third kappa shape index (κ3) is 6.79. The summed E-state index contributed by atoms with van der Waals surface area (Å²) in [4.78, 5) is 30.9. The Kier molecular flexibility index (Phi) is 9.02. The first-order valence-electron chi connectivity index (χ1n) is 14.8. The van der Waals surface area contributed by atoms with Gasteiger partial charge in [-0.25, -0.2) is 9.78 Å². The van der Waals surface area contributed by atoms with Gasteiger partial charge in [0.05, 0.1) is 11.0 Å². The number of carboxylic acid groups (broad SMARTS) is 1. The summed E-state index contributed by atoms with van der Waals surface area (Å²) in [6.07, 6.45) is 7.87. The summed E-state index contributed by atoms with van der Waals surface area (Å²) >= 11 is 0. The van der Waals surface area contributed by atoms with Crippen molar-refractivity contribution in [3.05, 3.63) is 78.1 Å². The van der Waals surface area contributed by atoms with Crippen molar-refractivity contribution < 1.29 is 19.4 Å². The van der Waals surface area contributed by atoms with Crippen molar-refractivity contribution in [2.24, 2.45) is 5.92 Å². The molecule has 0 unspecified atom stereocenters. The number of unbranched alkanes of at least 4 members (excludes halogenated alkanes) is 1. The van der Waals surface area contributed by atoms with Gasteiger partial charge in [0.15, 0.2) is 0 Å². The lowest BCUT2D eigenvalue weighted by Crippen LogP contribution is -2.34. The number of fused-ring (bicyclic) bond motifs is 1. The van der Waals surface area contributed by atoms with E-state index in [0.29, 0.717) is 18.2 Å². The normalized spacial score (nSPS) is 13.8. The molecule has 0 bridgehead atoms. The Morgan fingerprint density at radius 3 is 2.49 bits per heavy atom. The number of amides is 1. The Hall–Kier alpha value is -4.13. The maximum absolute atomic E-state index is 12.8. The molecule has 1 amide bonds. The van der Waals surface area contributed by atoms with Crippen LogP contribution < -0.4 is 9.64 Å². The number of hydrogen-bond donors (Lipinski definition) is 1. The van der Waals surface area contributed by atoms with Crippen molar-refractivity contribution in [1.29, 1.82) is 0 Å². The van der Waals surface area contributed by atoms with Crippen LogP contribution in [0, 0.1) is 5.92 Å². The van der Waals surface area contributed by atoms with Crippen molar-refractivity contribution in [1.82, 2.24) is 9.55 Å². The summed E-state index contributed by atoms with van der Waals surface area (Å²) in [5, 5.41) is 9.11. The molecule has 1 aromatic heterocycles. The predicted octanol–water partition coefficient (Wildman–Crippen LogP) is 8.08. The van der Waals surface area contributed by atoms with E-state index < -0.39 is 6.16 Å². The van der Waals surface area contributed by atoms with Gasteiger partial charge >= 0.3 is 6.16 Å². The molecule has 1 fully saturated rings. The van der Waals surface area contributed by atoms with E-state index in [1.807, 2.05) is 35.2 Å². The number of nitrogens with zero attached hydrogens (tertiary/aromatic N) is 3. The van der Waals surface area contributed by atoms with Gasteiger partial charge in [0.1, 0.15) is 11.6 Å². The van der Waals surface area contributed by atoms with E-state index in [-0.39, 0.29) is 5.91 Å². The minimum Gasteiger partial charge on any atom is -0.449 e. The number of rotatable bonds is 10. The number of para-hydroxylation sites is 1. The molecule has 7 heteroatoms. The highest BCUT2D eigenvalue weighted by atomic mass is 16.7. The second-order valence-electron chi connectivity index (χ2n) is 11.1. The Morgan fingerprint density at radius 2 is 1.78 bits per heavy atom. The Balaban J connectivity index is 1.46. The SMILES string of the molecule is CCCCc1nc2ccc(N(CC3CCCCC3)C(C)=O)cc2n1Cc1ccc(-c2ccccc2OC(=O)O)cc1. The van der Waals surface area contributed by atoms with Crippen molar-refractivity contribution in [2.45, 2.75) is 71.8 Å². The molecule has 0 atom stereocenters. The third-order valence-corrected chi connectivity index (χ3v) is 8.11. The van der Waals surface area contributed by atoms with Crippen LogP contribution in [0.5, 0.6) is 5.75 Å². The van der Waals surface area contributed by atoms with Crippen LogP contribution in [0.3, 0.4) is 0 Å². The molecule has 1 aliphatic rings. The molecule has 41 heavy (non-hydrogen) atoms. The zero-order valence-electron chi connectivity index (χ0n) is 24.0. The van der Waals surface area contributed by atoms with E-state index in [9.17, 15) is 9.59 Å². The molecule has 0 saturated heterocycles. The molecule has 7 nitrogen and oxygen atoms in total. The smallest absolute Gasteiger partial charge is 0.449 e. The topological polar surface area (TPSA) is 84.7 Å². The maximum Gasteiger partial charge on any atom is 0.511 e. The van der Waals surface area contributed by atoms with Crippen LogP contribution in [0.4, 0.5) is 10.5 Å². The van der Waals surface area contributed by atoms with E-state index >= 15 is 0 Å². The lowest BCUT2D eigenvalue weighted by molar-refractivity contribution is -0.116. The van der Waals surface area contributed by atoms with Gasteiger partial charge in [0.2, 0.25) is 5.91 Å². The number of hydrogen-bond acceptors (Lipinski definition) is 4. The first-order chi connectivity index (χ1) is 19.9. The number of carbonyl (C=O) groups excluding carboxylic acids is 1. The number of anilines is 1. The monoisotopic (exact) mass is 553 g/mol. The Morgan fingerprint density at radius 1 is 1.02 bits per heavy atom. The van der Waals surface area contributed by atoms with E-state index in [0.717, 1.165) is 65.0 Å². The summed E-state index contributed by atoms with van der Waals surface area (Å²) in [6, 6.07) is 21.5. The van der Waals surface area contributed by atoms with E-state index in [4.69, 9.17) is 14.8 Å². The van der Waals surface area contributed by atoms with Crippen molar-refractivity contribution in [3.63, 3.8) is 0 Å². The minimum atomic E-state index is -1.33. The van der Waals surface area contributed by atoms with Crippen LogP contribution in [0.25, 0.3) is 22.2 Å². The van der Waals surface area contributed by atoms with E-state index in [2.05, 4.69) is 35.8 Å². The predicted molar refractivity (Wildman–Crippen MR) is 163 cm³/mol. The van der Waals surface area contributed by atoms with Crippen LogP contribution in [-0.4, -0.2) is 33.3 Å². The molecule has 5 rings (SSSR count). The number of imidazole rings is 1. The van der Waals surface area contributed by atoms with Gasteiger partial charge in [-0.05, 0) is 60.6 Å². The number of carbonyl (C=O) groups is 2. The maximum atomic E-state index is 12.8. The zero-order chi connectivity index (χ0) is 28.8. The summed E-state index contributed by atoms with van der Waals surface area (Å²) in [5.41, 5.74) is 5.63. The average molecular weight is 554 g/mol. The molecule has 4 aromatic rings. The molecule has 1 N–H and O–H groups in total. The first kappa shape index (κ1) is 28.4. The highest BCUT2D eigenvalue weighted by Gasteiger charge is 2.22. The fourth-order valence-electron chi connectivity index (χ4n) is 5.94. The molecular formula is C34H39N3O4. The molecule has 1 aliphatic carbocycles. The summed E-state index contributed by atoms with van der Waals surface area (Å²) in [6.45, 7) is 5.27. The molecule has 214 valence electrons. The number of aryl methyl sites for hydroxylation is 1. The van der Waals surface area contributed by atoms with Gasteiger partial charge in [-0.2, -0.15) is 0 Å². The third-order valence-electron chi connectivity index (χ3n) is 8.11. The molecule has 1 heterocycles. The van der Waals surface area contributed by atoms with Crippen molar-refractivity contribution >= 4 is 28.8 Å². The lowest BCUT2D eigenvalue weighted by atomic mass is 9.89. The van der Waals surface area contributed by atoms with Crippen LogP contribution in [0.2, 0.25) is 0 Å². The van der Waals surface area contributed by atoms with E-state index in [1.54, 1.807) is 19.1 Å². The molecule has 0 spiro atoms. The largest absolute Gasteiger partial charge is 0.511 e. The minimum absolute atomic E-state index is 0.0787. The highest BCUT2D eigenvalue weighted by Crippen LogP contribution is 2.32. The van der Waals surface area contributed by atoms with Gasteiger partial charge in [0.25, 0.3) is 0 Å². The fourth-order valence-corrected chi connectivity index (χ4v) is 5.94. The standard InChI is InChI=1S/C34H39N3O4/c1-3-4-14-33-35-30-20-19-28(36(24(2)38)22-25-10-6-5-7-11-25)21-31(30)37(33)23-26-15-17-27(18-16-26)29-12-8-9-13-32(29)41-34(39)40/h8-9,12-13,15-21,25H,3-7,10-11,14,22-23H2,1-2H3,(H,39,40). The average Bonchev–Trinajstić information content (AvgIpc) is 3.31. The van der Waals surface area contributed by atoms with Crippen molar-refractivity contribution in [3.8, 4) is 16.9 Å². The van der Waals surface area contributed by atoms with Gasteiger partial charge in [-0.1, -0.05) is 75.1 Å². The van der Waals surface area contributed by atoms with Crippen molar-refractivity contribution in [2.75, 3.05) is 11.4 Å². The molecule has 0 aliphatic heterocycles. The number of ether oxygens (including phenoxy) is 1. The summed E-state index contributed by atoms with van der Waals surface area (Å²) in [5.74, 6) is 1.99. The van der Waals surface area contributed by atoms with E-state index in [1.165, 1.54) is 32.1 Å². The van der Waals surface area contributed by atoms with Crippen LogP contribution >= 0.6 is 0 Å². The quantitative estimate of drug-likeness (QED) is 0.158. The molecule has 3 aromatic carbocycles. The van der Waals surface area contributed by atoms with Gasteiger partial charge in [-0.15, -0.1) is 0 Å². The van der Waals surface area contributed by atoms with Gasteiger partial charge in [0, 0.05) is 37.7 Å². The van der Waals surface area contributed by atoms with Gasteiger partial charge < -0.3 is 19.3 Å². The van der Waals surface area contributed by atoms with Crippen LogP contribution in [-0.2, 0) is 17.8 Å². The first-order valence-corrected chi connectivity index (χ1v) is 14.8. The fraction of sp³-hybridized carbons (Fsp3) is 0.382. The summed E-state index contributed by atoms with van der Waals surface area (Å²) in [7, 11) is 0. The second-order valence-corrected chi connectivity index (χ2v) is 11.1. The Labute approximate surface area is 241 Å². The second kappa shape index (κ2) is 13.0. The Bertz CT molecular complexity index is 1500. The van der Waals surface area contributed by atoms with Gasteiger partial charge in [-0.3, -0.25) is 4.79 Å². The molecule has 1 saturated carbocycles. The zero-order valence-corrected chi connectivity index (χ0v) is 24.0. The molecular weight excluding hydrogens is 514 g/mol. The number of benzene rings is 3. The van der Waals surface area contributed by atoms with Crippen LogP contribution in [0.15, 0.2) is 66.7 Å².